The van der Waals surface area contributed by atoms with E-state index in [1.807, 2.05) is 31.2 Å². The van der Waals surface area contributed by atoms with Crippen LogP contribution in [0.5, 0.6) is 11.5 Å². The summed E-state index contributed by atoms with van der Waals surface area (Å²) in [7, 11) is -2.36. The van der Waals surface area contributed by atoms with Gasteiger partial charge in [-0.3, -0.25) is 4.79 Å². The van der Waals surface area contributed by atoms with Gasteiger partial charge in [0.25, 0.3) is 5.91 Å². The first kappa shape index (κ1) is 22.7. The first-order chi connectivity index (χ1) is 13.8. The van der Waals surface area contributed by atoms with E-state index in [-0.39, 0.29) is 28.7 Å². The lowest BCUT2D eigenvalue weighted by Crippen LogP contribution is -2.31. The highest BCUT2D eigenvalue weighted by molar-refractivity contribution is 7.89. The molecular weight excluding hydrogens is 392 g/mol. The Hall–Kier alpha value is -2.58. The van der Waals surface area contributed by atoms with Crippen LogP contribution in [-0.4, -0.2) is 52.0 Å². The molecule has 2 aromatic carbocycles. The summed E-state index contributed by atoms with van der Waals surface area (Å²) >= 11 is 0. The van der Waals surface area contributed by atoms with E-state index in [0.29, 0.717) is 19.7 Å². The lowest BCUT2D eigenvalue weighted by Gasteiger charge is -2.20. The number of benzene rings is 2. The molecule has 0 spiro atoms. The van der Waals surface area contributed by atoms with Crippen molar-refractivity contribution in [1.29, 1.82) is 0 Å². The van der Waals surface area contributed by atoms with E-state index in [0.717, 1.165) is 11.3 Å². The number of carbonyl (C=O) groups is 1. The van der Waals surface area contributed by atoms with Gasteiger partial charge in [0.05, 0.1) is 13.7 Å². The van der Waals surface area contributed by atoms with Gasteiger partial charge in [0.1, 0.15) is 23.0 Å². The molecule has 0 aliphatic carbocycles. The molecule has 0 aliphatic heterocycles. The summed E-state index contributed by atoms with van der Waals surface area (Å²) in [6.07, 6.45) is 0. The lowest BCUT2D eigenvalue weighted by atomic mass is 10.2. The zero-order chi connectivity index (χ0) is 21.4. The molecule has 29 heavy (non-hydrogen) atoms. The normalized spacial score (nSPS) is 11.3. The van der Waals surface area contributed by atoms with Gasteiger partial charge >= 0.3 is 0 Å². The van der Waals surface area contributed by atoms with Crippen LogP contribution in [0, 0.1) is 6.92 Å². The molecular formula is C21H28N2O5S. The van der Waals surface area contributed by atoms with Crippen molar-refractivity contribution in [3.8, 4) is 11.5 Å². The Labute approximate surface area is 172 Å². The maximum absolute atomic E-state index is 12.9. The molecule has 0 saturated heterocycles. The topological polar surface area (TPSA) is 84.9 Å². The van der Waals surface area contributed by atoms with Gasteiger partial charge in [0, 0.05) is 18.7 Å². The number of ether oxygens (including phenoxy) is 2. The average molecular weight is 421 g/mol. The van der Waals surface area contributed by atoms with Crippen molar-refractivity contribution in [3.63, 3.8) is 0 Å². The maximum atomic E-state index is 12.9. The van der Waals surface area contributed by atoms with Crippen LogP contribution in [0.1, 0.15) is 29.8 Å². The first-order valence-corrected chi connectivity index (χ1v) is 10.9. The number of amides is 1. The van der Waals surface area contributed by atoms with Crippen molar-refractivity contribution in [3.05, 3.63) is 53.6 Å². The van der Waals surface area contributed by atoms with E-state index >= 15 is 0 Å². The number of hydrogen-bond acceptors (Lipinski definition) is 5. The minimum absolute atomic E-state index is 0.0211. The van der Waals surface area contributed by atoms with E-state index in [9.17, 15) is 13.2 Å². The summed E-state index contributed by atoms with van der Waals surface area (Å²) < 4.78 is 37.9. The Bertz CT molecular complexity index is 923. The predicted octanol–water partition coefficient (Wildman–Crippen LogP) is 2.84. The maximum Gasteiger partial charge on any atom is 0.251 e. The van der Waals surface area contributed by atoms with Gasteiger partial charge in [-0.25, -0.2) is 8.42 Å². The van der Waals surface area contributed by atoms with Crippen molar-refractivity contribution in [2.24, 2.45) is 0 Å². The second kappa shape index (κ2) is 10.3. The fourth-order valence-corrected chi connectivity index (χ4v) is 4.43. The van der Waals surface area contributed by atoms with Gasteiger partial charge in [0.2, 0.25) is 10.0 Å². The van der Waals surface area contributed by atoms with Gasteiger partial charge in [-0.1, -0.05) is 31.5 Å². The smallest absolute Gasteiger partial charge is 0.251 e. The number of aryl methyl sites for hydroxylation is 1. The molecule has 158 valence electrons. The van der Waals surface area contributed by atoms with Crippen LogP contribution in [0.25, 0.3) is 0 Å². The highest BCUT2D eigenvalue weighted by Crippen LogP contribution is 2.27. The van der Waals surface area contributed by atoms with Crippen LogP contribution in [-0.2, 0) is 10.0 Å². The Morgan fingerprint density at radius 3 is 2.31 bits per heavy atom. The van der Waals surface area contributed by atoms with Crippen LogP contribution in [0.4, 0.5) is 0 Å². The van der Waals surface area contributed by atoms with Gasteiger partial charge in [-0.2, -0.15) is 4.31 Å². The highest BCUT2D eigenvalue weighted by atomic mass is 32.2. The second-order valence-corrected chi connectivity index (χ2v) is 8.28. The van der Waals surface area contributed by atoms with Crippen molar-refractivity contribution in [2.75, 3.05) is 33.4 Å². The van der Waals surface area contributed by atoms with E-state index in [1.165, 1.54) is 29.6 Å². The molecule has 8 heteroatoms. The molecule has 2 rings (SSSR count). The molecule has 0 aliphatic rings. The van der Waals surface area contributed by atoms with Crippen LogP contribution in [0.3, 0.4) is 0 Å². The van der Waals surface area contributed by atoms with Gasteiger partial charge in [0.15, 0.2) is 0 Å². The third-order valence-electron chi connectivity index (χ3n) is 4.43. The predicted molar refractivity (Wildman–Crippen MR) is 112 cm³/mol. The monoisotopic (exact) mass is 420 g/mol. The van der Waals surface area contributed by atoms with Crippen molar-refractivity contribution < 1.29 is 22.7 Å². The summed E-state index contributed by atoms with van der Waals surface area (Å²) in [6, 6.07) is 12.0. The molecule has 0 saturated carbocycles. The van der Waals surface area contributed by atoms with E-state index in [1.54, 1.807) is 13.8 Å². The highest BCUT2D eigenvalue weighted by Gasteiger charge is 2.26. The third kappa shape index (κ3) is 5.71. The van der Waals surface area contributed by atoms with E-state index in [2.05, 4.69) is 5.32 Å². The Morgan fingerprint density at radius 2 is 1.72 bits per heavy atom. The molecule has 0 atom stereocenters. The van der Waals surface area contributed by atoms with Crippen molar-refractivity contribution in [1.82, 2.24) is 9.62 Å². The SMILES string of the molecule is CCN(CC)S(=O)(=O)c1cc(C(=O)NCCOc2ccc(C)cc2)ccc1OC. The fourth-order valence-electron chi connectivity index (χ4n) is 2.79. The number of hydrogen-bond donors (Lipinski definition) is 1. The fraction of sp³-hybridized carbons (Fsp3) is 0.381. The largest absolute Gasteiger partial charge is 0.495 e. The quantitative estimate of drug-likeness (QED) is 0.598. The summed E-state index contributed by atoms with van der Waals surface area (Å²) in [4.78, 5) is 12.5. The third-order valence-corrected chi connectivity index (χ3v) is 6.50. The summed E-state index contributed by atoms with van der Waals surface area (Å²) in [6.45, 7) is 6.76. The van der Waals surface area contributed by atoms with Gasteiger partial charge < -0.3 is 14.8 Å². The number of carbonyl (C=O) groups excluding carboxylic acids is 1. The molecule has 0 bridgehead atoms. The zero-order valence-corrected chi connectivity index (χ0v) is 18.1. The minimum atomic E-state index is -3.76. The lowest BCUT2D eigenvalue weighted by molar-refractivity contribution is 0.0946. The minimum Gasteiger partial charge on any atom is -0.495 e. The molecule has 1 N–H and O–H groups in total. The second-order valence-electron chi connectivity index (χ2n) is 6.37. The Balaban J connectivity index is 2.07. The number of methoxy groups -OCH3 is 1. The molecule has 1 amide bonds. The Kier molecular flexibility index (Phi) is 8.04. The van der Waals surface area contributed by atoms with Gasteiger partial charge in [-0.15, -0.1) is 0 Å². The molecule has 0 unspecified atom stereocenters. The molecule has 0 fully saturated rings. The molecule has 0 aromatic heterocycles. The Morgan fingerprint density at radius 1 is 1.07 bits per heavy atom. The standard InChI is InChI=1S/C21H28N2O5S/c1-5-23(6-2)29(25,26)20-15-17(9-12-19(20)27-4)21(24)22-13-14-28-18-10-7-16(3)8-11-18/h7-12,15H,5-6,13-14H2,1-4H3,(H,22,24). The number of nitrogens with one attached hydrogen (secondary N) is 1. The summed E-state index contributed by atoms with van der Waals surface area (Å²) in [5.41, 5.74) is 1.38. The zero-order valence-electron chi connectivity index (χ0n) is 17.3. The van der Waals surface area contributed by atoms with E-state index < -0.39 is 10.0 Å². The molecule has 2 aromatic rings. The summed E-state index contributed by atoms with van der Waals surface area (Å²) in [5, 5.41) is 2.74. The molecule has 0 heterocycles. The van der Waals surface area contributed by atoms with Crippen LogP contribution in [0.2, 0.25) is 0 Å². The van der Waals surface area contributed by atoms with Crippen LogP contribution < -0.4 is 14.8 Å². The van der Waals surface area contributed by atoms with Crippen molar-refractivity contribution >= 4 is 15.9 Å². The van der Waals surface area contributed by atoms with Crippen molar-refractivity contribution in [2.45, 2.75) is 25.7 Å². The number of nitrogens with zero attached hydrogens (tertiary/aromatic N) is 1. The summed E-state index contributed by atoms with van der Waals surface area (Å²) in [5.74, 6) is 0.550. The average Bonchev–Trinajstić information content (AvgIpc) is 2.72. The van der Waals surface area contributed by atoms with E-state index in [4.69, 9.17) is 9.47 Å². The van der Waals surface area contributed by atoms with Crippen LogP contribution in [0.15, 0.2) is 47.4 Å². The van der Waals surface area contributed by atoms with Crippen LogP contribution >= 0.6 is 0 Å². The number of sulfonamides is 1. The first-order valence-electron chi connectivity index (χ1n) is 9.49. The molecule has 7 nitrogen and oxygen atoms in total. The molecule has 0 radical (unpaired) electrons. The number of rotatable bonds is 10. The van der Waals surface area contributed by atoms with Gasteiger partial charge in [-0.05, 0) is 37.3 Å².